The highest BCUT2D eigenvalue weighted by molar-refractivity contribution is 6.11. The summed E-state index contributed by atoms with van der Waals surface area (Å²) in [5, 5.41) is 5.08. The fourth-order valence-corrected chi connectivity index (χ4v) is 2.64. The molecule has 1 aromatic carbocycles. The molecule has 0 radical (unpaired) electrons. The molecule has 1 aromatic rings. The molecule has 1 atom stereocenters. The number of urea groups is 1. The zero-order valence-corrected chi connectivity index (χ0v) is 11.5. The zero-order chi connectivity index (χ0) is 16.1. The van der Waals surface area contributed by atoms with E-state index in [2.05, 4.69) is 10.6 Å². The van der Waals surface area contributed by atoms with Gasteiger partial charge in [-0.05, 0) is 25.1 Å². The molecule has 0 unspecified atom stereocenters. The van der Waals surface area contributed by atoms with Crippen LogP contribution < -0.4 is 15.5 Å². The Bertz CT molecular complexity index is 697. The van der Waals surface area contributed by atoms with Crippen molar-refractivity contribution in [2.45, 2.75) is 19.1 Å². The second-order valence-corrected chi connectivity index (χ2v) is 5.15. The Balaban J connectivity index is 1.93. The topological polar surface area (TPSA) is 61.4 Å². The van der Waals surface area contributed by atoms with E-state index in [0.29, 0.717) is 11.3 Å². The first-order chi connectivity index (χ1) is 10.3. The number of hydrogen-bond donors (Lipinski definition) is 2. The van der Waals surface area contributed by atoms with E-state index in [1.54, 1.807) is 6.92 Å². The van der Waals surface area contributed by atoms with Crippen LogP contribution in [0.2, 0.25) is 0 Å². The average molecular weight is 311 g/mol. The van der Waals surface area contributed by atoms with Gasteiger partial charge in [0, 0.05) is 5.69 Å². The van der Waals surface area contributed by atoms with Gasteiger partial charge in [0.2, 0.25) is 0 Å². The molecule has 8 heteroatoms. The maximum absolute atomic E-state index is 12.8. The molecule has 116 valence electrons. The van der Waals surface area contributed by atoms with E-state index in [-0.39, 0.29) is 12.2 Å². The Hall–Kier alpha value is -2.51. The average Bonchev–Trinajstić information content (AvgIpc) is 2.75. The monoisotopic (exact) mass is 311 g/mol. The van der Waals surface area contributed by atoms with Gasteiger partial charge in [0.25, 0.3) is 5.91 Å². The molecule has 0 aliphatic carbocycles. The van der Waals surface area contributed by atoms with E-state index >= 15 is 0 Å². The number of carbonyl (C=O) groups excluding carboxylic acids is 2. The smallest absolute Gasteiger partial charge is 0.331 e. The van der Waals surface area contributed by atoms with E-state index < -0.39 is 29.7 Å². The summed E-state index contributed by atoms with van der Waals surface area (Å²) in [6, 6.07) is 3.66. The number of amides is 3. The first-order valence-corrected chi connectivity index (χ1v) is 6.57. The lowest BCUT2D eigenvalue weighted by Crippen LogP contribution is -2.47. The Morgan fingerprint density at radius 3 is 2.68 bits per heavy atom. The van der Waals surface area contributed by atoms with Crippen LogP contribution in [0.3, 0.4) is 0 Å². The van der Waals surface area contributed by atoms with Crippen LogP contribution in [0.5, 0.6) is 0 Å². The van der Waals surface area contributed by atoms with Crippen molar-refractivity contribution in [3.05, 3.63) is 41.1 Å². The normalized spacial score (nSPS) is 21.6. The first-order valence-electron chi connectivity index (χ1n) is 6.57. The molecule has 3 rings (SSSR count). The lowest BCUT2D eigenvalue weighted by atomic mass is 10.1. The number of hydrogen-bond acceptors (Lipinski definition) is 2. The minimum absolute atomic E-state index is 0.0488. The van der Waals surface area contributed by atoms with Gasteiger partial charge in [0.15, 0.2) is 0 Å². The highest BCUT2D eigenvalue weighted by atomic mass is 19.4. The van der Waals surface area contributed by atoms with E-state index in [4.69, 9.17) is 0 Å². The lowest BCUT2D eigenvalue weighted by molar-refractivity contribution is -0.137. The molecule has 22 heavy (non-hydrogen) atoms. The van der Waals surface area contributed by atoms with Crippen molar-refractivity contribution < 1.29 is 22.8 Å². The molecule has 0 fully saturated rings. The summed E-state index contributed by atoms with van der Waals surface area (Å²) in [6.07, 6.45) is -4.48. The van der Waals surface area contributed by atoms with Crippen LogP contribution in [0.4, 0.5) is 23.7 Å². The van der Waals surface area contributed by atoms with E-state index in [1.807, 2.05) is 0 Å². The summed E-state index contributed by atoms with van der Waals surface area (Å²) in [7, 11) is 0. The van der Waals surface area contributed by atoms with Gasteiger partial charge < -0.3 is 15.5 Å². The predicted molar refractivity (Wildman–Crippen MR) is 72.0 cm³/mol. The fourth-order valence-electron chi connectivity index (χ4n) is 2.64. The highest BCUT2D eigenvalue weighted by Gasteiger charge is 2.39. The highest BCUT2D eigenvalue weighted by Crippen LogP contribution is 2.34. The Morgan fingerprint density at radius 1 is 1.27 bits per heavy atom. The van der Waals surface area contributed by atoms with Crippen LogP contribution in [0.15, 0.2) is 35.5 Å². The van der Waals surface area contributed by atoms with Gasteiger partial charge in [0.05, 0.1) is 29.4 Å². The molecule has 0 saturated heterocycles. The van der Waals surface area contributed by atoms with Crippen LogP contribution in [-0.2, 0) is 11.0 Å². The number of carbonyl (C=O) groups is 2. The van der Waals surface area contributed by atoms with Crippen molar-refractivity contribution in [1.82, 2.24) is 10.6 Å². The maximum atomic E-state index is 12.8. The van der Waals surface area contributed by atoms with Crippen LogP contribution >= 0.6 is 0 Å². The second kappa shape index (κ2) is 4.75. The fraction of sp³-hybridized carbons (Fsp3) is 0.286. The number of alkyl halides is 3. The zero-order valence-electron chi connectivity index (χ0n) is 11.5. The third-order valence-corrected chi connectivity index (χ3v) is 3.65. The molecule has 2 aliphatic rings. The summed E-state index contributed by atoms with van der Waals surface area (Å²) >= 11 is 0. The second-order valence-electron chi connectivity index (χ2n) is 5.15. The quantitative estimate of drug-likeness (QED) is 0.833. The third-order valence-electron chi connectivity index (χ3n) is 3.65. The van der Waals surface area contributed by atoms with Gasteiger partial charge in [-0.1, -0.05) is 6.07 Å². The Labute approximate surface area is 123 Å². The van der Waals surface area contributed by atoms with Crippen LogP contribution in [0, 0.1) is 0 Å². The number of benzene rings is 1. The lowest BCUT2D eigenvalue weighted by Gasteiger charge is -2.21. The van der Waals surface area contributed by atoms with Gasteiger partial charge in [-0.3, -0.25) is 4.79 Å². The Kier molecular flexibility index (Phi) is 3.12. The summed E-state index contributed by atoms with van der Waals surface area (Å²) in [5.41, 5.74) is 0.129. The molecular formula is C14H12F3N3O2. The van der Waals surface area contributed by atoms with Crippen molar-refractivity contribution >= 4 is 17.6 Å². The van der Waals surface area contributed by atoms with Crippen molar-refractivity contribution in [3.63, 3.8) is 0 Å². The number of halogens is 3. The van der Waals surface area contributed by atoms with Crippen molar-refractivity contribution in [2.24, 2.45) is 0 Å². The molecule has 5 nitrogen and oxygen atoms in total. The predicted octanol–water partition coefficient (Wildman–Crippen LogP) is 2.01. The largest absolute Gasteiger partial charge is 0.416 e. The summed E-state index contributed by atoms with van der Waals surface area (Å²) in [5.74, 6) is -0.408. The summed E-state index contributed by atoms with van der Waals surface area (Å²) in [6.45, 7) is 1.70. The maximum Gasteiger partial charge on any atom is 0.416 e. The van der Waals surface area contributed by atoms with E-state index in [0.717, 1.165) is 12.1 Å². The molecule has 0 aromatic heterocycles. The standard InChI is InChI=1S/C14H12F3N3O2/c1-7-11-10(19-13(22)18-7)6-20(12(11)21)9-4-2-3-8(5-9)14(15,16)17/h2-5,7H,6H2,1H3,(H2,18,19,22)/t7-/m0/s1. The van der Waals surface area contributed by atoms with Gasteiger partial charge in [0.1, 0.15) is 0 Å². The third kappa shape index (κ3) is 2.30. The molecule has 0 bridgehead atoms. The van der Waals surface area contributed by atoms with Crippen LogP contribution in [0.25, 0.3) is 0 Å². The van der Waals surface area contributed by atoms with Gasteiger partial charge in [-0.15, -0.1) is 0 Å². The van der Waals surface area contributed by atoms with Gasteiger partial charge in [-0.2, -0.15) is 13.2 Å². The van der Waals surface area contributed by atoms with Crippen molar-refractivity contribution in [3.8, 4) is 0 Å². The van der Waals surface area contributed by atoms with Crippen molar-refractivity contribution in [2.75, 3.05) is 11.4 Å². The minimum atomic E-state index is -4.48. The van der Waals surface area contributed by atoms with Crippen LogP contribution in [0.1, 0.15) is 12.5 Å². The Morgan fingerprint density at radius 2 is 2.00 bits per heavy atom. The summed E-state index contributed by atoms with van der Waals surface area (Å²) in [4.78, 5) is 25.1. The minimum Gasteiger partial charge on any atom is -0.331 e. The van der Waals surface area contributed by atoms with E-state index in [9.17, 15) is 22.8 Å². The molecule has 2 aliphatic heterocycles. The van der Waals surface area contributed by atoms with Gasteiger partial charge in [-0.25, -0.2) is 4.79 Å². The molecule has 2 N–H and O–H groups in total. The number of nitrogens with zero attached hydrogens (tertiary/aromatic N) is 1. The SMILES string of the molecule is C[C@@H]1NC(=O)NC2=C1C(=O)N(c1cccc(C(F)(F)F)c1)C2. The molecular weight excluding hydrogens is 299 g/mol. The molecule has 0 spiro atoms. The first kappa shape index (κ1) is 14.4. The van der Waals surface area contributed by atoms with E-state index in [1.165, 1.54) is 17.0 Å². The molecule has 0 saturated carbocycles. The summed E-state index contributed by atoms with van der Waals surface area (Å²) < 4.78 is 38.3. The molecule has 3 amide bonds. The van der Waals surface area contributed by atoms with Crippen LogP contribution in [-0.4, -0.2) is 24.5 Å². The number of nitrogens with one attached hydrogen (secondary N) is 2. The van der Waals surface area contributed by atoms with Gasteiger partial charge >= 0.3 is 12.2 Å². The number of anilines is 1. The number of rotatable bonds is 1. The van der Waals surface area contributed by atoms with Crippen molar-refractivity contribution in [1.29, 1.82) is 0 Å². The molecule has 2 heterocycles.